The summed E-state index contributed by atoms with van der Waals surface area (Å²) < 4.78 is 33.2. The molecule has 0 fully saturated rings. The van der Waals surface area contributed by atoms with E-state index in [0.717, 1.165) is 6.20 Å². The quantitative estimate of drug-likeness (QED) is 0.621. The predicted octanol–water partition coefficient (Wildman–Crippen LogP) is 4.10. The van der Waals surface area contributed by atoms with Crippen molar-refractivity contribution in [3.05, 3.63) is 80.2 Å². The molecule has 0 aromatic carbocycles. The Morgan fingerprint density at radius 1 is 1.12 bits per heavy atom. The normalized spacial score (nSPS) is 10.8. The van der Waals surface area contributed by atoms with Gasteiger partial charge in [-0.2, -0.15) is 0 Å². The Morgan fingerprint density at radius 2 is 1.88 bits per heavy atom. The zero-order chi connectivity index (χ0) is 18.8. The van der Waals surface area contributed by atoms with Crippen LogP contribution in [0.25, 0.3) is 5.69 Å². The molecule has 0 aliphatic carbocycles. The lowest BCUT2D eigenvalue weighted by atomic mass is 10.3. The molecule has 134 valence electrons. The molecule has 3 aromatic rings. The predicted molar refractivity (Wildman–Crippen MR) is 93.1 cm³/mol. The van der Waals surface area contributed by atoms with Gasteiger partial charge in [0, 0.05) is 36.2 Å². The number of pyridine rings is 3. The van der Waals surface area contributed by atoms with Crippen LogP contribution < -0.4 is 10.3 Å². The highest BCUT2D eigenvalue weighted by Gasteiger charge is 2.12. The monoisotopic (exact) mass is 397 g/mol. The van der Waals surface area contributed by atoms with Crippen molar-refractivity contribution in [2.75, 3.05) is 0 Å². The van der Waals surface area contributed by atoms with Crippen LogP contribution in [0.3, 0.4) is 0 Å². The fourth-order valence-corrected chi connectivity index (χ4v) is 2.68. The van der Waals surface area contributed by atoms with Gasteiger partial charge in [-0.3, -0.25) is 14.3 Å². The molecule has 0 aliphatic heterocycles. The smallest absolute Gasteiger partial charge is 0.259 e. The van der Waals surface area contributed by atoms with Gasteiger partial charge in [-0.05, 0) is 6.92 Å². The first-order chi connectivity index (χ1) is 12.3. The van der Waals surface area contributed by atoms with Gasteiger partial charge in [0.1, 0.15) is 29.0 Å². The van der Waals surface area contributed by atoms with Gasteiger partial charge < -0.3 is 4.74 Å². The van der Waals surface area contributed by atoms with E-state index in [-0.39, 0.29) is 28.2 Å². The summed E-state index contributed by atoms with van der Waals surface area (Å²) in [7, 11) is 0. The van der Waals surface area contributed by atoms with Gasteiger partial charge >= 0.3 is 0 Å². The summed E-state index contributed by atoms with van der Waals surface area (Å²) >= 11 is 12.0. The lowest BCUT2D eigenvalue weighted by molar-refractivity contribution is 0.292. The molecule has 0 spiro atoms. The van der Waals surface area contributed by atoms with Crippen molar-refractivity contribution in [3.8, 4) is 11.4 Å². The minimum Gasteiger partial charge on any atom is -0.487 e. The molecule has 26 heavy (non-hydrogen) atoms. The summed E-state index contributed by atoms with van der Waals surface area (Å²) in [5.74, 6) is -1.39. The van der Waals surface area contributed by atoms with E-state index in [1.54, 1.807) is 13.0 Å². The van der Waals surface area contributed by atoms with Crippen molar-refractivity contribution in [3.63, 3.8) is 0 Å². The van der Waals surface area contributed by atoms with Crippen LogP contribution in [0.2, 0.25) is 10.2 Å². The first-order valence-electron chi connectivity index (χ1n) is 7.33. The highest BCUT2D eigenvalue weighted by molar-refractivity contribution is 6.33. The number of aromatic nitrogens is 3. The Labute approximate surface area is 156 Å². The zero-order valence-corrected chi connectivity index (χ0v) is 14.9. The largest absolute Gasteiger partial charge is 0.487 e. The molecule has 0 atom stereocenters. The van der Waals surface area contributed by atoms with Gasteiger partial charge in [-0.25, -0.2) is 13.8 Å². The molecule has 3 heterocycles. The average molecular weight is 398 g/mol. The first-order valence-corrected chi connectivity index (χ1v) is 8.08. The molecule has 0 saturated heterocycles. The Morgan fingerprint density at radius 3 is 2.58 bits per heavy atom. The van der Waals surface area contributed by atoms with Gasteiger partial charge in [-0.15, -0.1) is 0 Å². The average Bonchev–Trinajstić information content (AvgIpc) is 2.56. The SMILES string of the molecule is Cc1cc(OCc2ncc(F)cc2F)cc(=O)n1-c1cc(Cl)ncc1Cl. The van der Waals surface area contributed by atoms with Crippen LogP contribution in [0.1, 0.15) is 11.4 Å². The van der Waals surface area contributed by atoms with Crippen LogP contribution in [0.5, 0.6) is 5.75 Å². The van der Waals surface area contributed by atoms with Crippen molar-refractivity contribution in [1.82, 2.24) is 14.5 Å². The van der Waals surface area contributed by atoms with Crippen molar-refractivity contribution in [1.29, 1.82) is 0 Å². The molecular formula is C17H11Cl2F2N3O2. The second-order valence-electron chi connectivity index (χ2n) is 5.34. The summed E-state index contributed by atoms with van der Waals surface area (Å²) in [4.78, 5) is 19.9. The zero-order valence-electron chi connectivity index (χ0n) is 13.3. The molecule has 0 unspecified atom stereocenters. The number of ether oxygens (including phenoxy) is 1. The van der Waals surface area contributed by atoms with Crippen molar-refractivity contribution >= 4 is 23.2 Å². The lowest BCUT2D eigenvalue weighted by Gasteiger charge is -2.14. The van der Waals surface area contributed by atoms with E-state index in [1.165, 1.54) is 22.9 Å². The molecular weight excluding hydrogens is 387 g/mol. The van der Waals surface area contributed by atoms with Crippen molar-refractivity contribution < 1.29 is 13.5 Å². The van der Waals surface area contributed by atoms with E-state index >= 15 is 0 Å². The molecule has 0 amide bonds. The Bertz CT molecular complexity index is 1040. The number of hydrogen-bond acceptors (Lipinski definition) is 4. The highest BCUT2D eigenvalue weighted by atomic mass is 35.5. The number of hydrogen-bond donors (Lipinski definition) is 0. The second kappa shape index (κ2) is 7.39. The summed E-state index contributed by atoms with van der Waals surface area (Å²) in [6.07, 6.45) is 2.23. The minimum atomic E-state index is -0.826. The van der Waals surface area contributed by atoms with E-state index in [4.69, 9.17) is 27.9 Å². The second-order valence-corrected chi connectivity index (χ2v) is 6.13. The lowest BCUT2D eigenvalue weighted by Crippen LogP contribution is -2.20. The van der Waals surface area contributed by atoms with E-state index < -0.39 is 17.2 Å². The van der Waals surface area contributed by atoms with Crippen molar-refractivity contribution in [2.24, 2.45) is 0 Å². The number of rotatable bonds is 4. The van der Waals surface area contributed by atoms with Crippen LogP contribution >= 0.6 is 23.2 Å². The molecule has 0 saturated carbocycles. The maximum atomic E-state index is 13.6. The summed E-state index contributed by atoms with van der Waals surface area (Å²) in [6.45, 7) is 1.42. The number of aryl methyl sites for hydroxylation is 1. The van der Waals surface area contributed by atoms with E-state index in [1.807, 2.05) is 0 Å². The fourth-order valence-electron chi connectivity index (χ4n) is 2.34. The van der Waals surface area contributed by atoms with Gasteiger partial charge in [0.25, 0.3) is 5.56 Å². The topological polar surface area (TPSA) is 57.0 Å². The molecule has 0 aliphatic rings. The molecule has 0 bridgehead atoms. The summed E-state index contributed by atoms with van der Waals surface area (Å²) in [6, 6.07) is 4.98. The third-order valence-electron chi connectivity index (χ3n) is 3.49. The Hall–Kier alpha value is -2.51. The van der Waals surface area contributed by atoms with Crippen LogP contribution in [0, 0.1) is 18.6 Å². The third-order valence-corrected chi connectivity index (χ3v) is 3.99. The van der Waals surface area contributed by atoms with E-state index in [2.05, 4.69) is 9.97 Å². The maximum Gasteiger partial charge on any atom is 0.259 e. The van der Waals surface area contributed by atoms with Gasteiger partial charge in [0.15, 0.2) is 5.82 Å². The van der Waals surface area contributed by atoms with Crippen molar-refractivity contribution in [2.45, 2.75) is 13.5 Å². The highest BCUT2D eigenvalue weighted by Crippen LogP contribution is 2.23. The van der Waals surface area contributed by atoms with Gasteiger partial charge in [-0.1, -0.05) is 23.2 Å². The molecule has 9 heteroatoms. The number of nitrogens with zero attached hydrogens (tertiary/aromatic N) is 3. The van der Waals surface area contributed by atoms with Crippen LogP contribution in [-0.2, 0) is 6.61 Å². The van der Waals surface area contributed by atoms with Gasteiger partial charge in [0.2, 0.25) is 0 Å². The Balaban J connectivity index is 1.90. The summed E-state index contributed by atoms with van der Waals surface area (Å²) in [5, 5.41) is 0.444. The molecule has 5 nitrogen and oxygen atoms in total. The van der Waals surface area contributed by atoms with E-state index in [0.29, 0.717) is 17.4 Å². The Kier molecular flexibility index (Phi) is 5.20. The van der Waals surface area contributed by atoms with Crippen LogP contribution in [0.4, 0.5) is 8.78 Å². The van der Waals surface area contributed by atoms with E-state index in [9.17, 15) is 13.6 Å². The van der Waals surface area contributed by atoms with Gasteiger partial charge in [0.05, 0.1) is 16.9 Å². The molecule has 0 radical (unpaired) electrons. The molecule has 3 rings (SSSR count). The minimum absolute atomic E-state index is 0.0720. The van der Waals surface area contributed by atoms with Crippen LogP contribution in [-0.4, -0.2) is 14.5 Å². The fraction of sp³-hybridized carbons (Fsp3) is 0.118. The molecule has 3 aromatic heterocycles. The van der Waals surface area contributed by atoms with Crippen LogP contribution in [0.15, 0.2) is 41.5 Å². The number of halogens is 4. The third kappa shape index (κ3) is 3.84. The molecule has 0 N–H and O–H groups in total. The summed E-state index contributed by atoms with van der Waals surface area (Å²) in [5.41, 5.74) is 0.407. The standard InChI is InChI=1S/C17H11Cl2F2N3O2/c1-9-2-11(26-8-14-13(21)3-10(20)6-22-14)4-17(25)24(9)15-5-16(19)23-7-12(15)18/h2-7H,8H2,1H3. The first kappa shape index (κ1) is 18.3. The maximum absolute atomic E-state index is 13.6.